The average molecular weight is 205 g/mol. The van der Waals surface area contributed by atoms with E-state index in [0.29, 0.717) is 5.92 Å². The van der Waals surface area contributed by atoms with Crippen molar-refractivity contribution in [2.24, 2.45) is 11.7 Å². The first kappa shape index (κ1) is 12.3. The largest absolute Gasteiger partial charge is 0.324 e. The molecule has 2 atom stereocenters. The van der Waals surface area contributed by atoms with Gasteiger partial charge in [0.2, 0.25) is 0 Å². The fraction of sp³-hybridized carbons (Fsp3) is 0.571. The SMILES string of the molecule is CCCc1ccc(C(N)C(C)CC)cc1. The maximum Gasteiger partial charge on any atom is 0.0320 e. The molecule has 0 saturated heterocycles. The fourth-order valence-corrected chi connectivity index (χ4v) is 1.78. The first-order chi connectivity index (χ1) is 7.19. The Kier molecular flexibility index (Phi) is 4.83. The van der Waals surface area contributed by atoms with Gasteiger partial charge in [0.15, 0.2) is 0 Å². The minimum atomic E-state index is 0.186. The van der Waals surface area contributed by atoms with Gasteiger partial charge in [-0.2, -0.15) is 0 Å². The van der Waals surface area contributed by atoms with Gasteiger partial charge in [-0.15, -0.1) is 0 Å². The van der Waals surface area contributed by atoms with Crippen LogP contribution in [-0.4, -0.2) is 0 Å². The molecule has 0 fully saturated rings. The van der Waals surface area contributed by atoms with E-state index in [1.807, 2.05) is 0 Å². The van der Waals surface area contributed by atoms with Gasteiger partial charge in [-0.25, -0.2) is 0 Å². The Labute approximate surface area is 93.7 Å². The van der Waals surface area contributed by atoms with E-state index >= 15 is 0 Å². The van der Waals surface area contributed by atoms with Crippen molar-refractivity contribution in [1.29, 1.82) is 0 Å². The second-order valence-corrected chi connectivity index (χ2v) is 4.40. The highest BCUT2D eigenvalue weighted by molar-refractivity contribution is 5.25. The van der Waals surface area contributed by atoms with Crippen LogP contribution in [0.3, 0.4) is 0 Å². The second kappa shape index (κ2) is 5.92. The third kappa shape index (κ3) is 3.35. The van der Waals surface area contributed by atoms with Crippen LogP contribution in [0.2, 0.25) is 0 Å². The average Bonchev–Trinajstić information content (AvgIpc) is 2.28. The highest BCUT2D eigenvalue weighted by Crippen LogP contribution is 2.22. The molecule has 0 aliphatic rings. The Bertz CT molecular complexity index is 276. The molecule has 84 valence electrons. The molecule has 0 radical (unpaired) electrons. The minimum Gasteiger partial charge on any atom is -0.324 e. The summed E-state index contributed by atoms with van der Waals surface area (Å²) < 4.78 is 0. The zero-order chi connectivity index (χ0) is 11.3. The zero-order valence-corrected chi connectivity index (χ0v) is 10.2. The summed E-state index contributed by atoms with van der Waals surface area (Å²) in [6.45, 7) is 6.61. The van der Waals surface area contributed by atoms with Crippen LogP contribution < -0.4 is 5.73 Å². The molecule has 0 spiro atoms. The van der Waals surface area contributed by atoms with Crippen LogP contribution in [0, 0.1) is 5.92 Å². The number of hydrogen-bond acceptors (Lipinski definition) is 1. The van der Waals surface area contributed by atoms with Crippen LogP contribution in [0.1, 0.15) is 50.8 Å². The van der Waals surface area contributed by atoms with Gasteiger partial charge in [0.05, 0.1) is 0 Å². The third-order valence-corrected chi connectivity index (χ3v) is 3.16. The smallest absolute Gasteiger partial charge is 0.0320 e. The highest BCUT2D eigenvalue weighted by atomic mass is 14.6. The first-order valence-corrected chi connectivity index (χ1v) is 6.03. The van der Waals surface area contributed by atoms with E-state index in [2.05, 4.69) is 45.0 Å². The van der Waals surface area contributed by atoms with Crippen molar-refractivity contribution in [2.45, 2.75) is 46.1 Å². The van der Waals surface area contributed by atoms with Crippen LogP contribution in [-0.2, 0) is 6.42 Å². The Balaban J connectivity index is 2.70. The molecule has 0 saturated carbocycles. The summed E-state index contributed by atoms with van der Waals surface area (Å²) in [6, 6.07) is 8.97. The van der Waals surface area contributed by atoms with Crippen LogP contribution >= 0.6 is 0 Å². The van der Waals surface area contributed by atoms with Gasteiger partial charge in [-0.05, 0) is 23.5 Å². The van der Waals surface area contributed by atoms with E-state index in [4.69, 9.17) is 5.73 Å². The fourth-order valence-electron chi connectivity index (χ4n) is 1.78. The van der Waals surface area contributed by atoms with E-state index in [1.54, 1.807) is 0 Å². The highest BCUT2D eigenvalue weighted by Gasteiger charge is 2.12. The van der Waals surface area contributed by atoms with Gasteiger partial charge in [-0.3, -0.25) is 0 Å². The molecule has 2 N–H and O–H groups in total. The summed E-state index contributed by atoms with van der Waals surface area (Å²) in [4.78, 5) is 0. The zero-order valence-electron chi connectivity index (χ0n) is 10.2. The molecular weight excluding hydrogens is 182 g/mol. The van der Waals surface area contributed by atoms with Crippen LogP contribution in [0.5, 0.6) is 0 Å². The third-order valence-electron chi connectivity index (χ3n) is 3.16. The van der Waals surface area contributed by atoms with Crippen molar-refractivity contribution < 1.29 is 0 Å². The summed E-state index contributed by atoms with van der Waals surface area (Å²) in [5.74, 6) is 0.557. The first-order valence-electron chi connectivity index (χ1n) is 6.03. The summed E-state index contributed by atoms with van der Waals surface area (Å²) in [6.07, 6.45) is 3.51. The van der Waals surface area contributed by atoms with Crippen molar-refractivity contribution in [3.8, 4) is 0 Å². The Morgan fingerprint density at radius 3 is 2.20 bits per heavy atom. The summed E-state index contributed by atoms with van der Waals surface area (Å²) >= 11 is 0. The molecule has 1 aromatic rings. The number of hydrogen-bond donors (Lipinski definition) is 1. The predicted molar refractivity (Wildman–Crippen MR) is 66.8 cm³/mol. The lowest BCUT2D eigenvalue weighted by Gasteiger charge is -2.18. The van der Waals surface area contributed by atoms with Crippen LogP contribution in [0.25, 0.3) is 0 Å². The van der Waals surface area contributed by atoms with Crippen LogP contribution in [0.4, 0.5) is 0 Å². The van der Waals surface area contributed by atoms with Crippen LogP contribution in [0.15, 0.2) is 24.3 Å². The second-order valence-electron chi connectivity index (χ2n) is 4.40. The molecule has 1 heteroatoms. The summed E-state index contributed by atoms with van der Waals surface area (Å²) in [5.41, 5.74) is 8.86. The van der Waals surface area contributed by atoms with E-state index in [0.717, 1.165) is 6.42 Å². The molecule has 0 aliphatic carbocycles. The molecule has 2 unspecified atom stereocenters. The normalized spacial score (nSPS) is 14.9. The number of nitrogens with two attached hydrogens (primary N) is 1. The molecule has 0 aliphatic heterocycles. The van der Waals surface area contributed by atoms with E-state index < -0.39 is 0 Å². The van der Waals surface area contributed by atoms with Crippen molar-refractivity contribution in [3.63, 3.8) is 0 Å². The Morgan fingerprint density at radius 2 is 1.73 bits per heavy atom. The maximum absolute atomic E-state index is 6.17. The molecule has 1 nitrogen and oxygen atoms in total. The van der Waals surface area contributed by atoms with Gasteiger partial charge in [0.25, 0.3) is 0 Å². The molecule has 15 heavy (non-hydrogen) atoms. The van der Waals surface area contributed by atoms with E-state index in [9.17, 15) is 0 Å². The lowest BCUT2D eigenvalue weighted by Crippen LogP contribution is -2.18. The topological polar surface area (TPSA) is 26.0 Å². The molecule has 0 amide bonds. The Hall–Kier alpha value is -0.820. The molecule has 0 heterocycles. The van der Waals surface area contributed by atoms with Gasteiger partial charge in [0, 0.05) is 6.04 Å². The number of benzene rings is 1. The molecule has 1 rings (SSSR count). The summed E-state index contributed by atoms with van der Waals surface area (Å²) in [7, 11) is 0. The van der Waals surface area contributed by atoms with Crippen molar-refractivity contribution in [3.05, 3.63) is 35.4 Å². The quantitative estimate of drug-likeness (QED) is 0.779. The number of aryl methyl sites for hydroxylation is 1. The van der Waals surface area contributed by atoms with E-state index in [-0.39, 0.29) is 6.04 Å². The Morgan fingerprint density at radius 1 is 1.13 bits per heavy atom. The van der Waals surface area contributed by atoms with Gasteiger partial charge in [-0.1, -0.05) is 57.9 Å². The minimum absolute atomic E-state index is 0.186. The van der Waals surface area contributed by atoms with Gasteiger partial charge in [0.1, 0.15) is 0 Å². The molecule has 1 aromatic carbocycles. The van der Waals surface area contributed by atoms with Crippen molar-refractivity contribution in [2.75, 3.05) is 0 Å². The molecular formula is C14H23N. The number of rotatable bonds is 5. The maximum atomic E-state index is 6.17. The predicted octanol–water partition coefficient (Wildman–Crippen LogP) is 3.69. The lowest BCUT2D eigenvalue weighted by molar-refractivity contribution is 0.457. The monoisotopic (exact) mass is 205 g/mol. The van der Waals surface area contributed by atoms with E-state index in [1.165, 1.54) is 24.0 Å². The van der Waals surface area contributed by atoms with Crippen molar-refractivity contribution >= 4 is 0 Å². The lowest BCUT2D eigenvalue weighted by atomic mass is 9.92. The molecule has 0 bridgehead atoms. The summed E-state index contributed by atoms with van der Waals surface area (Å²) in [5, 5.41) is 0. The van der Waals surface area contributed by atoms with Crippen molar-refractivity contribution in [1.82, 2.24) is 0 Å². The van der Waals surface area contributed by atoms with Gasteiger partial charge < -0.3 is 5.73 Å². The molecule has 0 aromatic heterocycles. The standard InChI is InChI=1S/C14H23N/c1-4-6-12-7-9-13(10-8-12)14(15)11(3)5-2/h7-11,14H,4-6,15H2,1-3H3. The van der Waals surface area contributed by atoms with Gasteiger partial charge >= 0.3 is 0 Å².